The minimum absolute atomic E-state index is 0.387. The molecule has 0 saturated heterocycles. The maximum atomic E-state index is 3.93. The number of hydrogen-bond donors (Lipinski definition) is 1. The normalized spacial score (nSPS) is 21.8. The van der Waals surface area contributed by atoms with E-state index in [0.717, 1.165) is 6.42 Å². The van der Waals surface area contributed by atoms with Gasteiger partial charge in [0, 0.05) is 28.3 Å². The molecule has 3 heteroatoms. The third kappa shape index (κ3) is 2.36. The van der Waals surface area contributed by atoms with Gasteiger partial charge in [-0.1, -0.05) is 39.8 Å². The zero-order valence-electron chi connectivity index (χ0n) is 12.6. The summed E-state index contributed by atoms with van der Waals surface area (Å²) in [6.45, 7) is 9.51. The molecule has 0 aromatic carbocycles. The molecule has 2 aromatic heterocycles. The first-order chi connectivity index (χ1) is 9.43. The summed E-state index contributed by atoms with van der Waals surface area (Å²) in [7, 11) is 0. The summed E-state index contributed by atoms with van der Waals surface area (Å²) in [5, 5.41) is 8.28. The van der Waals surface area contributed by atoms with Gasteiger partial charge in [-0.15, -0.1) is 22.7 Å². The van der Waals surface area contributed by atoms with Gasteiger partial charge in [0.25, 0.3) is 0 Å². The van der Waals surface area contributed by atoms with Crippen molar-refractivity contribution in [1.82, 2.24) is 5.32 Å². The van der Waals surface area contributed by atoms with Gasteiger partial charge >= 0.3 is 0 Å². The van der Waals surface area contributed by atoms with Crippen LogP contribution in [-0.4, -0.2) is 6.04 Å². The molecule has 2 aromatic rings. The summed E-state index contributed by atoms with van der Waals surface area (Å²) in [6, 6.07) is 9.86. The molecule has 0 bridgehead atoms. The average molecular weight is 306 g/mol. The highest BCUT2D eigenvalue weighted by molar-refractivity contribution is 7.10. The molecule has 1 nitrogen and oxygen atoms in total. The molecule has 0 aliphatic heterocycles. The lowest BCUT2D eigenvalue weighted by atomic mass is 10.0. The van der Waals surface area contributed by atoms with Gasteiger partial charge in [-0.2, -0.15) is 0 Å². The van der Waals surface area contributed by atoms with Crippen molar-refractivity contribution < 1.29 is 0 Å². The summed E-state index contributed by atoms with van der Waals surface area (Å²) >= 11 is 3.73. The second kappa shape index (κ2) is 4.97. The van der Waals surface area contributed by atoms with E-state index in [2.05, 4.69) is 68.0 Å². The zero-order valence-corrected chi connectivity index (χ0v) is 14.3. The molecule has 1 aliphatic rings. The number of hydrogen-bond acceptors (Lipinski definition) is 3. The van der Waals surface area contributed by atoms with Gasteiger partial charge in [0.15, 0.2) is 0 Å². The van der Waals surface area contributed by atoms with E-state index in [9.17, 15) is 0 Å². The lowest BCUT2D eigenvalue weighted by Gasteiger charge is -2.18. The van der Waals surface area contributed by atoms with Crippen LogP contribution < -0.4 is 5.32 Å². The first-order valence-corrected chi connectivity index (χ1v) is 9.00. The Bertz CT molecular complexity index is 538. The molecule has 3 rings (SSSR count). The summed E-state index contributed by atoms with van der Waals surface area (Å²) in [6.07, 6.45) is 1.10. The lowest BCUT2D eigenvalue weighted by molar-refractivity contribution is 0.457. The van der Waals surface area contributed by atoms with Gasteiger partial charge < -0.3 is 5.32 Å². The molecule has 108 valence electrons. The third-order valence-electron chi connectivity index (χ3n) is 5.26. The molecule has 1 saturated carbocycles. The first-order valence-electron chi connectivity index (χ1n) is 7.25. The number of nitrogens with one attached hydrogen (secondary N) is 1. The van der Waals surface area contributed by atoms with Crippen molar-refractivity contribution in [1.29, 1.82) is 0 Å². The monoisotopic (exact) mass is 305 g/mol. The quantitative estimate of drug-likeness (QED) is 0.808. The second-order valence-electron chi connectivity index (χ2n) is 6.89. The summed E-state index contributed by atoms with van der Waals surface area (Å²) in [4.78, 5) is 2.92. The van der Waals surface area contributed by atoms with Gasteiger partial charge in [-0.25, -0.2) is 0 Å². The summed E-state index contributed by atoms with van der Waals surface area (Å²) in [5.74, 6) is 0. The van der Waals surface area contributed by atoms with E-state index in [0.29, 0.717) is 22.9 Å². The molecular weight excluding hydrogens is 282 g/mol. The van der Waals surface area contributed by atoms with Crippen LogP contribution in [-0.2, 0) is 6.42 Å². The molecule has 1 atom stereocenters. The number of thiophene rings is 2. The van der Waals surface area contributed by atoms with E-state index < -0.39 is 0 Å². The van der Waals surface area contributed by atoms with Crippen molar-refractivity contribution in [3.05, 3.63) is 44.8 Å². The van der Waals surface area contributed by atoms with Crippen LogP contribution in [0.2, 0.25) is 0 Å². The maximum absolute atomic E-state index is 3.93. The Balaban J connectivity index is 1.77. The Morgan fingerprint density at radius 3 is 2.20 bits per heavy atom. The van der Waals surface area contributed by atoms with Crippen LogP contribution in [0.25, 0.3) is 0 Å². The van der Waals surface area contributed by atoms with E-state index in [4.69, 9.17) is 0 Å². The van der Waals surface area contributed by atoms with Crippen molar-refractivity contribution in [2.75, 3.05) is 0 Å². The Morgan fingerprint density at radius 1 is 1.05 bits per heavy atom. The van der Waals surface area contributed by atoms with Crippen molar-refractivity contribution in [2.24, 2.45) is 10.8 Å². The standard InChI is InChI=1S/C17H23NS2/c1-16(2)15(17(16,3)4)18-13(14-8-6-10-20-14)11-12-7-5-9-19-12/h5-10,13,15,18H,11H2,1-4H3. The highest BCUT2D eigenvalue weighted by atomic mass is 32.1. The lowest BCUT2D eigenvalue weighted by Crippen LogP contribution is -2.28. The summed E-state index contributed by atoms with van der Waals surface area (Å²) < 4.78 is 0. The molecule has 0 amide bonds. The average Bonchev–Trinajstić information content (AvgIpc) is 2.94. The van der Waals surface area contributed by atoms with E-state index in [1.165, 1.54) is 9.75 Å². The van der Waals surface area contributed by atoms with Crippen LogP contribution in [0.15, 0.2) is 35.0 Å². The van der Waals surface area contributed by atoms with Crippen LogP contribution in [0, 0.1) is 10.8 Å². The molecular formula is C17H23NS2. The highest BCUT2D eigenvalue weighted by Crippen LogP contribution is 2.63. The van der Waals surface area contributed by atoms with Crippen LogP contribution in [0.3, 0.4) is 0 Å². The largest absolute Gasteiger partial charge is 0.305 e. The van der Waals surface area contributed by atoms with Gasteiger partial charge in [-0.05, 0) is 33.7 Å². The number of rotatable bonds is 5. The Labute approximate surface area is 130 Å². The molecule has 20 heavy (non-hydrogen) atoms. The molecule has 0 radical (unpaired) electrons. The second-order valence-corrected chi connectivity index (χ2v) is 8.91. The van der Waals surface area contributed by atoms with Gasteiger partial charge in [0.05, 0.1) is 0 Å². The molecule has 1 N–H and O–H groups in total. The fourth-order valence-electron chi connectivity index (χ4n) is 3.18. The molecule has 2 heterocycles. The van der Waals surface area contributed by atoms with Gasteiger partial charge in [0.1, 0.15) is 0 Å². The third-order valence-corrected chi connectivity index (χ3v) is 7.15. The minimum Gasteiger partial charge on any atom is -0.305 e. The maximum Gasteiger partial charge on any atom is 0.0466 e. The fourth-order valence-corrected chi connectivity index (χ4v) is 4.71. The topological polar surface area (TPSA) is 12.0 Å². The predicted octanol–water partition coefficient (Wildman–Crippen LogP) is 5.12. The van der Waals surface area contributed by atoms with Gasteiger partial charge in [0.2, 0.25) is 0 Å². The fraction of sp³-hybridized carbons (Fsp3) is 0.529. The Hall–Kier alpha value is -0.640. The smallest absolute Gasteiger partial charge is 0.0466 e. The van der Waals surface area contributed by atoms with Crippen molar-refractivity contribution >= 4 is 22.7 Å². The van der Waals surface area contributed by atoms with E-state index in [1.807, 2.05) is 22.7 Å². The Morgan fingerprint density at radius 2 is 1.70 bits per heavy atom. The summed E-state index contributed by atoms with van der Waals surface area (Å²) in [5.41, 5.74) is 0.774. The molecule has 1 aliphatic carbocycles. The molecule has 1 fully saturated rings. The van der Waals surface area contributed by atoms with Crippen LogP contribution >= 0.6 is 22.7 Å². The zero-order chi connectivity index (χ0) is 14.4. The van der Waals surface area contributed by atoms with E-state index >= 15 is 0 Å². The first kappa shape index (κ1) is 14.3. The van der Waals surface area contributed by atoms with Crippen LogP contribution in [0.5, 0.6) is 0 Å². The van der Waals surface area contributed by atoms with Gasteiger partial charge in [-0.3, -0.25) is 0 Å². The van der Waals surface area contributed by atoms with Crippen LogP contribution in [0.1, 0.15) is 43.5 Å². The van der Waals surface area contributed by atoms with Crippen LogP contribution in [0.4, 0.5) is 0 Å². The Kier molecular flexibility index (Phi) is 3.56. The van der Waals surface area contributed by atoms with Crippen molar-refractivity contribution in [3.8, 4) is 0 Å². The molecule has 0 spiro atoms. The van der Waals surface area contributed by atoms with Crippen molar-refractivity contribution in [3.63, 3.8) is 0 Å². The van der Waals surface area contributed by atoms with E-state index in [-0.39, 0.29) is 0 Å². The highest BCUT2D eigenvalue weighted by Gasteiger charge is 2.64. The van der Waals surface area contributed by atoms with Crippen molar-refractivity contribution in [2.45, 2.75) is 46.2 Å². The van der Waals surface area contributed by atoms with E-state index in [1.54, 1.807) is 0 Å². The minimum atomic E-state index is 0.387. The molecule has 1 unspecified atom stereocenters. The SMILES string of the molecule is CC1(C)C(NC(Cc2cccs2)c2cccs2)C1(C)C. The predicted molar refractivity (Wildman–Crippen MR) is 89.6 cm³/mol.